The number of nitrogens with one attached hydrogen (secondary N) is 1. The summed E-state index contributed by atoms with van der Waals surface area (Å²) in [5.41, 5.74) is 3.13. The molecule has 1 fully saturated rings. The third-order valence-corrected chi connectivity index (χ3v) is 5.26. The fourth-order valence-electron chi connectivity index (χ4n) is 3.66. The highest BCUT2D eigenvalue weighted by Crippen LogP contribution is 2.25. The number of rotatable bonds is 4. The molecular weight excluding hydrogens is 340 g/mol. The van der Waals surface area contributed by atoms with Crippen LogP contribution in [0, 0.1) is 5.92 Å². The summed E-state index contributed by atoms with van der Waals surface area (Å²) in [5, 5.41) is 10.9. The highest BCUT2D eigenvalue weighted by molar-refractivity contribution is 5.91. The fourth-order valence-corrected chi connectivity index (χ4v) is 3.66. The first kappa shape index (κ1) is 17.5. The number of allylic oxidation sites excluding steroid dienone is 1. The molecule has 2 aromatic heterocycles. The van der Waals surface area contributed by atoms with Crippen LogP contribution in [0.25, 0.3) is 6.08 Å². The second-order valence-corrected chi connectivity index (χ2v) is 7.27. The molecule has 1 N–H and O–H groups in total. The van der Waals surface area contributed by atoms with Gasteiger partial charge >= 0.3 is 0 Å². The second-order valence-electron chi connectivity index (χ2n) is 7.27. The predicted molar refractivity (Wildman–Crippen MR) is 104 cm³/mol. The lowest BCUT2D eigenvalue weighted by Crippen LogP contribution is -2.38. The molecule has 1 saturated heterocycles. The van der Waals surface area contributed by atoms with Crippen molar-refractivity contribution in [2.24, 2.45) is 5.92 Å². The number of aromatic nitrogens is 4. The molecule has 0 unspecified atom stereocenters. The molecule has 0 aliphatic carbocycles. The Bertz CT molecular complexity index is 849. The highest BCUT2D eigenvalue weighted by atomic mass is 16.2. The standard InChI is InChI=1S/C20H24N6O/c1-15-2-4-18-10-17(11-21-20(18)24-15)3-5-19(27)26-8-6-16(7-9-26)12-25-13-22-23-14-25/h3,5,10-11,13-14,16H,1-2,4,6-9,12H2,(H,21,24)/b5-3+. The maximum atomic E-state index is 12.5. The van der Waals surface area contributed by atoms with Gasteiger partial charge in [-0.15, -0.1) is 10.2 Å². The van der Waals surface area contributed by atoms with Gasteiger partial charge in [-0.3, -0.25) is 4.79 Å². The van der Waals surface area contributed by atoms with E-state index in [0.717, 1.165) is 62.4 Å². The molecule has 4 heterocycles. The fraction of sp³-hybridized carbons (Fsp3) is 0.400. The van der Waals surface area contributed by atoms with Crippen LogP contribution in [0.2, 0.25) is 0 Å². The number of hydrogen-bond donors (Lipinski definition) is 1. The van der Waals surface area contributed by atoms with Gasteiger partial charge in [0.2, 0.25) is 5.91 Å². The van der Waals surface area contributed by atoms with E-state index in [-0.39, 0.29) is 5.91 Å². The number of anilines is 1. The number of nitrogens with zero attached hydrogens (tertiary/aromatic N) is 5. The van der Waals surface area contributed by atoms with E-state index in [4.69, 9.17) is 0 Å². The zero-order chi connectivity index (χ0) is 18.6. The van der Waals surface area contributed by atoms with Crippen molar-refractivity contribution in [1.29, 1.82) is 0 Å². The van der Waals surface area contributed by atoms with E-state index in [9.17, 15) is 4.79 Å². The van der Waals surface area contributed by atoms with Crippen molar-refractivity contribution in [2.75, 3.05) is 18.4 Å². The Morgan fingerprint density at radius 3 is 2.81 bits per heavy atom. The first-order valence-electron chi connectivity index (χ1n) is 9.40. The van der Waals surface area contributed by atoms with Crippen molar-refractivity contribution < 1.29 is 4.79 Å². The first-order valence-corrected chi connectivity index (χ1v) is 9.40. The average Bonchev–Trinajstić information content (AvgIpc) is 3.19. The average molecular weight is 364 g/mol. The maximum absolute atomic E-state index is 12.5. The molecule has 7 nitrogen and oxygen atoms in total. The van der Waals surface area contributed by atoms with Crippen LogP contribution in [-0.2, 0) is 17.8 Å². The summed E-state index contributed by atoms with van der Waals surface area (Å²) in [6.45, 7) is 6.46. The van der Waals surface area contributed by atoms with E-state index < -0.39 is 0 Å². The van der Waals surface area contributed by atoms with E-state index in [1.165, 1.54) is 5.56 Å². The number of carbonyl (C=O) groups excluding carboxylic acids is 1. The van der Waals surface area contributed by atoms with Crippen molar-refractivity contribution >= 4 is 17.8 Å². The summed E-state index contributed by atoms with van der Waals surface area (Å²) in [4.78, 5) is 18.9. The Hall–Kier alpha value is -2.96. The van der Waals surface area contributed by atoms with Gasteiger partial charge in [-0.05, 0) is 54.9 Å². The molecule has 0 aromatic carbocycles. The molecule has 140 valence electrons. The Balaban J connectivity index is 1.31. The summed E-state index contributed by atoms with van der Waals surface area (Å²) in [6.07, 6.45) is 12.7. The van der Waals surface area contributed by atoms with Crippen molar-refractivity contribution in [3.05, 3.63) is 54.4 Å². The Morgan fingerprint density at radius 1 is 1.26 bits per heavy atom. The molecule has 2 aliphatic rings. The number of carbonyl (C=O) groups is 1. The summed E-state index contributed by atoms with van der Waals surface area (Å²) < 4.78 is 2.01. The molecule has 0 atom stereocenters. The Kier molecular flexibility index (Phi) is 5.00. The van der Waals surface area contributed by atoms with Crippen LogP contribution < -0.4 is 5.32 Å². The summed E-state index contributed by atoms with van der Waals surface area (Å²) in [5.74, 6) is 1.52. The molecule has 0 spiro atoms. The molecule has 2 aliphatic heterocycles. The van der Waals surface area contributed by atoms with Crippen LogP contribution in [0.4, 0.5) is 5.82 Å². The minimum absolute atomic E-state index is 0.0713. The molecule has 7 heteroatoms. The number of fused-ring (bicyclic) bond motifs is 1. The number of pyridine rings is 1. The molecule has 0 bridgehead atoms. The molecule has 0 saturated carbocycles. The van der Waals surface area contributed by atoms with Gasteiger partial charge < -0.3 is 14.8 Å². The SMILES string of the molecule is C=C1CCc2cc(/C=C/C(=O)N3CCC(Cn4cnnc4)CC3)cnc2N1. The quantitative estimate of drug-likeness (QED) is 0.844. The zero-order valence-corrected chi connectivity index (χ0v) is 15.3. The Labute approximate surface area is 158 Å². The number of likely N-dealkylation sites (tertiary alicyclic amines) is 1. The van der Waals surface area contributed by atoms with Crippen molar-refractivity contribution in [3.63, 3.8) is 0 Å². The van der Waals surface area contributed by atoms with Gasteiger partial charge in [0.15, 0.2) is 0 Å². The topological polar surface area (TPSA) is 75.9 Å². The predicted octanol–water partition coefficient (Wildman–Crippen LogP) is 2.50. The summed E-state index contributed by atoms with van der Waals surface area (Å²) in [6, 6.07) is 2.09. The lowest BCUT2D eigenvalue weighted by Gasteiger charge is -2.31. The second kappa shape index (κ2) is 7.73. The smallest absolute Gasteiger partial charge is 0.246 e. The molecule has 27 heavy (non-hydrogen) atoms. The van der Waals surface area contributed by atoms with Gasteiger partial charge in [-0.2, -0.15) is 0 Å². The van der Waals surface area contributed by atoms with E-state index in [0.29, 0.717) is 5.92 Å². The molecule has 1 amide bonds. The lowest BCUT2D eigenvalue weighted by molar-refractivity contribution is -0.127. The van der Waals surface area contributed by atoms with Crippen molar-refractivity contribution in [3.8, 4) is 0 Å². The minimum Gasteiger partial charge on any atom is -0.344 e. The molecule has 4 rings (SSSR count). The van der Waals surface area contributed by atoms with Crippen LogP contribution in [0.5, 0.6) is 0 Å². The highest BCUT2D eigenvalue weighted by Gasteiger charge is 2.22. The van der Waals surface area contributed by atoms with E-state index >= 15 is 0 Å². The van der Waals surface area contributed by atoms with Gasteiger partial charge in [0, 0.05) is 37.6 Å². The van der Waals surface area contributed by atoms with Gasteiger partial charge in [0.25, 0.3) is 0 Å². The van der Waals surface area contributed by atoms with Gasteiger partial charge in [-0.1, -0.05) is 6.58 Å². The molecule has 0 radical (unpaired) electrons. The van der Waals surface area contributed by atoms with Crippen LogP contribution in [0.1, 0.15) is 30.4 Å². The Morgan fingerprint density at radius 2 is 2.04 bits per heavy atom. The van der Waals surface area contributed by atoms with E-state index in [2.05, 4.69) is 33.1 Å². The number of hydrogen-bond acceptors (Lipinski definition) is 5. The maximum Gasteiger partial charge on any atom is 0.246 e. The van der Waals surface area contributed by atoms with E-state index in [1.54, 1.807) is 24.9 Å². The summed E-state index contributed by atoms with van der Waals surface area (Å²) in [7, 11) is 0. The largest absolute Gasteiger partial charge is 0.344 e. The number of amides is 1. The third kappa shape index (κ3) is 4.24. The summed E-state index contributed by atoms with van der Waals surface area (Å²) >= 11 is 0. The molecular formula is C20H24N6O. The number of aryl methyl sites for hydroxylation is 1. The van der Waals surface area contributed by atoms with Crippen LogP contribution in [0.3, 0.4) is 0 Å². The van der Waals surface area contributed by atoms with Crippen LogP contribution >= 0.6 is 0 Å². The monoisotopic (exact) mass is 364 g/mol. The van der Waals surface area contributed by atoms with Gasteiger partial charge in [0.05, 0.1) is 0 Å². The van der Waals surface area contributed by atoms with Gasteiger partial charge in [-0.25, -0.2) is 4.98 Å². The van der Waals surface area contributed by atoms with Gasteiger partial charge in [0.1, 0.15) is 18.5 Å². The first-order chi connectivity index (χ1) is 13.2. The minimum atomic E-state index is 0.0713. The van der Waals surface area contributed by atoms with E-state index in [1.807, 2.05) is 15.5 Å². The third-order valence-electron chi connectivity index (χ3n) is 5.26. The van der Waals surface area contributed by atoms with Crippen molar-refractivity contribution in [1.82, 2.24) is 24.6 Å². The normalized spacial score (nSPS) is 17.8. The molecule has 2 aromatic rings. The zero-order valence-electron chi connectivity index (χ0n) is 15.3. The van der Waals surface area contributed by atoms with Crippen molar-refractivity contribution in [2.45, 2.75) is 32.2 Å². The van der Waals surface area contributed by atoms with Crippen LogP contribution in [-0.4, -0.2) is 43.6 Å². The number of piperidine rings is 1. The lowest BCUT2D eigenvalue weighted by atomic mass is 9.96. The van der Waals surface area contributed by atoms with Crippen LogP contribution in [0.15, 0.2) is 43.3 Å².